The maximum atomic E-state index is 10.2. The third-order valence-corrected chi connectivity index (χ3v) is 4.16. The van der Waals surface area contributed by atoms with Crippen LogP contribution in [0.3, 0.4) is 0 Å². The quantitative estimate of drug-likeness (QED) is 0.487. The summed E-state index contributed by atoms with van der Waals surface area (Å²) < 4.78 is 12.3. The molecule has 0 amide bonds. The zero-order valence-electron chi connectivity index (χ0n) is 13.1. The number of anilines is 1. The van der Waals surface area contributed by atoms with Gasteiger partial charge in [0.1, 0.15) is 30.4 Å². The Morgan fingerprint density at radius 1 is 1.20 bits per heavy atom. The third-order valence-electron chi connectivity index (χ3n) is 4.16. The van der Waals surface area contributed by atoms with E-state index in [0.717, 1.165) is 5.76 Å². The van der Waals surface area contributed by atoms with E-state index in [-0.39, 0.29) is 0 Å². The second-order valence-corrected chi connectivity index (χ2v) is 5.71. The fourth-order valence-electron chi connectivity index (χ4n) is 2.86. The number of aromatic nitrogens is 4. The number of rotatable bonds is 5. The number of aliphatic hydroxyl groups is 3. The lowest BCUT2D eigenvalue weighted by Gasteiger charge is -2.16. The van der Waals surface area contributed by atoms with Crippen molar-refractivity contribution >= 4 is 17.0 Å². The molecular formula is C15H17N5O5. The maximum Gasteiger partial charge on any atom is 0.167 e. The second-order valence-electron chi connectivity index (χ2n) is 5.71. The van der Waals surface area contributed by atoms with Crippen LogP contribution in [0.25, 0.3) is 11.2 Å². The molecule has 4 atom stereocenters. The van der Waals surface area contributed by atoms with E-state index in [0.29, 0.717) is 23.5 Å². The molecule has 3 aromatic heterocycles. The summed E-state index contributed by atoms with van der Waals surface area (Å²) in [5.41, 5.74) is 0.929. The Hall–Kier alpha value is -2.53. The number of fused-ring (bicyclic) bond motifs is 1. The Morgan fingerprint density at radius 2 is 2.08 bits per heavy atom. The minimum atomic E-state index is -1.20. The fourth-order valence-corrected chi connectivity index (χ4v) is 2.86. The average Bonchev–Trinajstić information content (AvgIpc) is 3.34. The molecule has 4 heterocycles. The Kier molecular flexibility index (Phi) is 4.09. The van der Waals surface area contributed by atoms with Crippen LogP contribution >= 0.6 is 0 Å². The lowest BCUT2D eigenvalue weighted by atomic mass is 10.1. The smallest absolute Gasteiger partial charge is 0.167 e. The van der Waals surface area contributed by atoms with Crippen molar-refractivity contribution in [2.45, 2.75) is 31.1 Å². The van der Waals surface area contributed by atoms with Crippen molar-refractivity contribution in [2.24, 2.45) is 0 Å². The Balaban J connectivity index is 1.63. The van der Waals surface area contributed by atoms with Gasteiger partial charge in [0.2, 0.25) is 0 Å². The summed E-state index contributed by atoms with van der Waals surface area (Å²) >= 11 is 0. The minimum Gasteiger partial charge on any atom is -0.467 e. The van der Waals surface area contributed by atoms with Gasteiger partial charge in [0.15, 0.2) is 23.2 Å². The number of nitrogens with one attached hydrogen (secondary N) is 1. The Morgan fingerprint density at radius 3 is 2.80 bits per heavy atom. The Bertz CT molecular complexity index is 851. The van der Waals surface area contributed by atoms with Crippen LogP contribution in [0.15, 0.2) is 35.5 Å². The summed E-state index contributed by atoms with van der Waals surface area (Å²) in [6.07, 6.45) is 0.253. The van der Waals surface area contributed by atoms with Gasteiger partial charge >= 0.3 is 0 Å². The molecule has 4 rings (SSSR count). The van der Waals surface area contributed by atoms with E-state index in [4.69, 9.17) is 9.15 Å². The molecule has 10 nitrogen and oxygen atoms in total. The highest BCUT2D eigenvalue weighted by molar-refractivity contribution is 5.82. The summed E-state index contributed by atoms with van der Waals surface area (Å²) in [7, 11) is 0. The van der Waals surface area contributed by atoms with E-state index >= 15 is 0 Å². The van der Waals surface area contributed by atoms with Crippen molar-refractivity contribution in [1.29, 1.82) is 0 Å². The monoisotopic (exact) mass is 347 g/mol. The molecule has 0 spiro atoms. The summed E-state index contributed by atoms with van der Waals surface area (Å²) in [6, 6.07) is 3.63. The van der Waals surface area contributed by atoms with Gasteiger partial charge in [0.05, 0.1) is 25.7 Å². The molecule has 0 aliphatic carbocycles. The number of imidazole rings is 1. The highest BCUT2D eigenvalue weighted by atomic mass is 16.6. The highest BCUT2D eigenvalue weighted by Crippen LogP contribution is 2.32. The van der Waals surface area contributed by atoms with Crippen molar-refractivity contribution < 1.29 is 24.5 Å². The summed E-state index contributed by atoms with van der Waals surface area (Å²) in [4.78, 5) is 12.7. The molecular weight excluding hydrogens is 330 g/mol. The topological polar surface area (TPSA) is 139 Å². The Labute approximate surface area is 141 Å². The van der Waals surface area contributed by atoms with E-state index in [9.17, 15) is 15.3 Å². The van der Waals surface area contributed by atoms with E-state index in [1.807, 2.05) is 6.07 Å². The molecule has 0 aromatic carbocycles. The van der Waals surface area contributed by atoms with Crippen LogP contribution in [0.4, 0.5) is 5.82 Å². The number of ether oxygens (including phenoxy) is 1. The SMILES string of the molecule is OC[C@@H]1O[C@H](n2cnc3c(NCc4ccco4)ncnc32)[C@@H](O)[C@H]1O. The molecule has 1 fully saturated rings. The zero-order valence-corrected chi connectivity index (χ0v) is 13.1. The molecule has 0 unspecified atom stereocenters. The van der Waals surface area contributed by atoms with E-state index < -0.39 is 31.1 Å². The first kappa shape index (κ1) is 16.0. The van der Waals surface area contributed by atoms with Crippen LogP contribution in [0.1, 0.15) is 12.0 Å². The first-order valence-electron chi connectivity index (χ1n) is 7.75. The number of hydrogen-bond acceptors (Lipinski definition) is 9. The normalized spacial score (nSPS) is 26.4. The van der Waals surface area contributed by atoms with Crippen molar-refractivity contribution in [3.63, 3.8) is 0 Å². The van der Waals surface area contributed by atoms with Gasteiger partial charge in [-0.05, 0) is 12.1 Å². The molecule has 132 valence electrons. The van der Waals surface area contributed by atoms with Crippen LogP contribution < -0.4 is 5.32 Å². The van der Waals surface area contributed by atoms with Gasteiger partial charge in [0, 0.05) is 0 Å². The van der Waals surface area contributed by atoms with Crippen LogP contribution in [0.2, 0.25) is 0 Å². The molecule has 25 heavy (non-hydrogen) atoms. The average molecular weight is 347 g/mol. The molecule has 0 bridgehead atoms. The van der Waals surface area contributed by atoms with E-state index in [1.165, 1.54) is 17.2 Å². The number of nitrogens with zero attached hydrogens (tertiary/aromatic N) is 4. The van der Waals surface area contributed by atoms with Crippen molar-refractivity contribution in [3.05, 3.63) is 36.8 Å². The van der Waals surface area contributed by atoms with Gasteiger partial charge in [0.25, 0.3) is 0 Å². The summed E-state index contributed by atoms with van der Waals surface area (Å²) in [5.74, 6) is 1.25. The minimum absolute atomic E-state index is 0.397. The van der Waals surface area contributed by atoms with Crippen molar-refractivity contribution in [1.82, 2.24) is 19.5 Å². The number of hydrogen-bond donors (Lipinski definition) is 4. The molecule has 1 aliphatic rings. The van der Waals surface area contributed by atoms with Crippen LogP contribution in [0.5, 0.6) is 0 Å². The lowest BCUT2D eigenvalue weighted by molar-refractivity contribution is -0.0511. The molecule has 1 saturated heterocycles. The van der Waals surface area contributed by atoms with Crippen LogP contribution in [-0.2, 0) is 11.3 Å². The van der Waals surface area contributed by atoms with Gasteiger partial charge in [-0.2, -0.15) is 0 Å². The predicted octanol–water partition coefficient (Wildman–Crippen LogP) is -0.357. The molecule has 0 saturated carbocycles. The largest absolute Gasteiger partial charge is 0.467 e. The molecule has 3 aromatic rings. The second kappa shape index (κ2) is 6.41. The highest BCUT2D eigenvalue weighted by Gasteiger charge is 2.44. The van der Waals surface area contributed by atoms with Gasteiger partial charge in [-0.25, -0.2) is 15.0 Å². The third kappa shape index (κ3) is 2.74. The number of aliphatic hydroxyl groups excluding tert-OH is 3. The van der Waals surface area contributed by atoms with E-state index in [2.05, 4.69) is 20.3 Å². The van der Waals surface area contributed by atoms with Crippen molar-refractivity contribution in [3.8, 4) is 0 Å². The van der Waals surface area contributed by atoms with Crippen LogP contribution in [0, 0.1) is 0 Å². The van der Waals surface area contributed by atoms with Gasteiger partial charge in [-0.15, -0.1) is 0 Å². The predicted molar refractivity (Wildman–Crippen MR) is 84.4 cm³/mol. The summed E-state index contributed by atoms with van der Waals surface area (Å²) in [5, 5.41) is 32.4. The zero-order chi connectivity index (χ0) is 17.4. The van der Waals surface area contributed by atoms with Crippen molar-refractivity contribution in [2.75, 3.05) is 11.9 Å². The van der Waals surface area contributed by atoms with E-state index in [1.54, 1.807) is 12.3 Å². The maximum absolute atomic E-state index is 10.2. The fraction of sp³-hybridized carbons (Fsp3) is 0.400. The first-order valence-corrected chi connectivity index (χ1v) is 7.75. The van der Waals surface area contributed by atoms with Gasteiger partial charge < -0.3 is 29.8 Å². The molecule has 4 N–H and O–H groups in total. The van der Waals surface area contributed by atoms with Crippen LogP contribution in [-0.4, -0.2) is 59.8 Å². The molecule has 1 aliphatic heterocycles. The lowest BCUT2D eigenvalue weighted by Crippen LogP contribution is -2.33. The molecule has 0 radical (unpaired) electrons. The molecule has 10 heteroatoms. The number of furan rings is 1. The summed E-state index contributed by atoms with van der Waals surface area (Å²) in [6.45, 7) is 0.0338. The van der Waals surface area contributed by atoms with Gasteiger partial charge in [-0.3, -0.25) is 4.57 Å². The standard InChI is InChI=1S/C15H17N5O5/c21-5-9-11(22)12(23)15(25-9)20-7-19-10-13(17-6-18-14(10)20)16-4-8-2-1-3-24-8/h1-3,6-7,9,11-12,15,21-23H,4-5H2,(H,16,17,18)/t9-,11-,12-,15-/m0/s1. The van der Waals surface area contributed by atoms with Gasteiger partial charge in [-0.1, -0.05) is 0 Å². The first-order chi connectivity index (χ1) is 12.2.